The molecule has 26 heavy (non-hydrogen) atoms. The van der Waals surface area contributed by atoms with E-state index in [4.69, 9.17) is 4.74 Å². The summed E-state index contributed by atoms with van der Waals surface area (Å²) in [6.07, 6.45) is 18.4. The third-order valence-corrected chi connectivity index (χ3v) is 5.95. The maximum absolute atomic E-state index is 12.2. The Balaban J connectivity index is 2.03. The lowest BCUT2D eigenvalue weighted by Gasteiger charge is -2.34. The topological polar surface area (TPSA) is 26.3 Å². The monoisotopic (exact) mass is 364 g/mol. The van der Waals surface area contributed by atoms with Crippen molar-refractivity contribution in [2.45, 2.75) is 123 Å². The van der Waals surface area contributed by atoms with E-state index in [2.05, 4.69) is 27.4 Å². The summed E-state index contributed by atoms with van der Waals surface area (Å²) in [5.74, 6) is 1.03. The summed E-state index contributed by atoms with van der Waals surface area (Å²) in [6, 6.07) is 0. The van der Waals surface area contributed by atoms with Crippen LogP contribution in [0.3, 0.4) is 0 Å². The lowest BCUT2D eigenvalue weighted by Crippen LogP contribution is -2.33. The summed E-state index contributed by atoms with van der Waals surface area (Å²) >= 11 is 0. The van der Waals surface area contributed by atoms with Crippen LogP contribution < -0.4 is 0 Å². The standard InChI is InChI=1S/C24H44O2/c1-5-6-7-8-9-10-11-12-13-14-15-16-24(25)26-23-19-21(4)17-18-22(23)20(2)3/h21-23H,2,5-19H2,1,3-4H3/t21-,22+,23-/m1/s1. The number of esters is 1. The first-order valence-corrected chi connectivity index (χ1v) is 11.4. The fraction of sp³-hybridized carbons (Fsp3) is 0.875. The molecule has 0 N–H and O–H groups in total. The van der Waals surface area contributed by atoms with E-state index < -0.39 is 0 Å². The molecule has 3 atom stereocenters. The summed E-state index contributed by atoms with van der Waals surface area (Å²) in [5.41, 5.74) is 1.17. The maximum atomic E-state index is 12.2. The van der Waals surface area contributed by atoms with Crippen LogP contribution in [0, 0.1) is 11.8 Å². The van der Waals surface area contributed by atoms with E-state index in [9.17, 15) is 4.79 Å². The predicted octanol–water partition coefficient (Wildman–Crippen LogP) is 7.61. The van der Waals surface area contributed by atoms with Gasteiger partial charge in [-0.15, -0.1) is 0 Å². The minimum atomic E-state index is 0.00581. The predicted molar refractivity (Wildman–Crippen MR) is 112 cm³/mol. The quantitative estimate of drug-likeness (QED) is 0.180. The van der Waals surface area contributed by atoms with Crippen molar-refractivity contribution in [3.63, 3.8) is 0 Å². The van der Waals surface area contributed by atoms with Crippen molar-refractivity contribution in [3.8, 4) is 0 Å². The van der Waals surface area contributed by atoms with Gasteiger partial charge in [-0.25, -0.2) is 0 Å². The number of hydrogen-bond donors (Lipinski definition) is 0. The molecule has 1 rings (SSSR count). The van der Waals surface area contributed by atoms with Crippen LogP contribution in [-0.2, 0) is 9.53 Å². The smallest absolute Gasteiger partial charge is 0.306 e. The Kier molecular flexibility index (Phi) is 12.8. The minimum Gasteiger partial charge on any atom is -0.462 e. The second-order valence-electron chi connectivity index (χ2n) is 8.68. The summed E-state index contributed by atoms with van der Waals surface area (Å²) in [5, 5.41) is 0. The van der Waals surface area contributed by atoms with E-state index in [0.717, 1.165) is 25.7 Å². The van der Waals surface area contributed by atoms with Crippen molar-refractivity contribution in [2.75, 3.05) is 0 Å². The minimum absolute atomic E-state index is 0.00581. The van der Waals surface area contributed by atoms with E-state index in [1.807, 2.05) is 0 Å². The van der Waals surface area contributed by atoms with Crippen LogP contribution in [0.2, 0.25) is 0 Å². The van der Waals surface area contributed by atoms with E-state index in [1.54, 1.807) is 0 Å². The van der Waals surface area contributed by atoms with Gasteiger partial charge in [0.15, 0.2) is 0 Å². The largest absolute Gasteiger partial charge is 0.462 e. The Morgan fingerprint density at radius 3 is 2.00 bits per heavy atom. The Labute approximate surface area is 163 Å². The van der Waals surface area contributed by atoms with Gasteiger partial charge in [0, 0.05) is 12.3 Å². The van der Waals surface area contributed by atoms with Gasteiger partial charge in [0.1, 0.15) is 6.10 Å². The van der Waals surface area contributed by atoms with Crippen LogP contribution in [0.25, 0.3) is 0 Å². The highest BCUT2D eigenvalue weighted by Crippen LogP contribution is 2.34. The summed E-state index contributed by atoms with van der Waals surface area (Å²) in [4.78, 5) is 12.2. The Morgan fingerprint density at radius 1 is 0.923 bits per heavy atom. The molecule has 0 radical (unpaired) electrons. The number of hydrogen-bond acceptors (Lipinski definition) is 2. The third-order valence-electron chi connectivity index (χ3n) is 5.95. The van der Waals surface area contributed by atoms with Crippen LogP contribution in [0.4, 0.5) is 0 Å². The van der Waals surface area contributed by atoms with Gasteiger partial charge in [-0.05, 0) is 38.5 Å². The number of carbonyl (C=O) groups is 1. The van der Waals surface area contributed by atoms with Crippen molar-refractivity contribution < 1.29 is 9.53 Å². The summed E-state index contributed by atoms with van der Waals surface area (Å²) < 4.78 is 5.83. The molecule has 0 aromatic heterocycles. The molecule has 0 aromatic rings. The molecular formula is C24H44O2. The van der Waals surface area contributed by atoms with Gasteiger partial charge in [-0.1, -0.05) is 90.2 Å². The molecule has 1 saturated carbocycles. The highest BCUT2D eigenvalue weighted by atomic mass is 16.5. The zero-order valence-electron chi connectivity index (χ0n) is 17.9. The molecule has 0 saturated heterocycles. The first-order valence-electron chi connectivity index (χ1n) is 11.4. The first-order chi connectivity index (χ1) is 12.5. The van der Waals surface area contributed by atoms with Crippen molar-refractivity contribution in [1.82, 2.24) is 0 Å². The Bertz CT molecular complexity index is 388. The van der Waals surface area contributed by atoms with Crippen LogP contribution in [0.15, 0.2) is 12.2 Å². The van der Waals surface area contributed by atoms with Gasteiger partial charge in [-0.3, -0.25) is 4.79 Å². The number of unbranched alkanes of at least 4 members (excludes halogenated alkanes) is 10. The molecule has 1 aliphatic rings. The molecule has 1 aliphatic carbocycles. The van der Waals surface area contributed by atoms with Crippen molar-refractivity contribution in [3.05, 3.63) is 12.2 Å². The van der Waals surface area contributed by atoms with E-state index in [0.29, 0.717) is 18.3 Å². The molecule has 2 nitrogen and oxygen atoms in total. The molecule has 1 fully saturated rings. The lowest BCUT2D eigenvalue weighted by molar-refractivity contribution is -0.153. The van der Waals surface area contributed by atoms with Gasteiger partial charge in [0.2, 0.25) is 0 Å². The summed E-state index contributed by atoms with van der Waals surface area (Å²) in [6.45, 7) is 10.7. The first kappa shape index (κ1) is 23.2. The summed E-state index contributed by atoms with van der Waals surface area (Å²) in [7, 11) is 0. The molecule has 152 valence electrons. The third kappa shape index (κ3) is 10.4. The van der Waals surface area contributed by atoms with E-state index >= 15 is 0 Å². The van der Waals surface area contributed by atoms with Crippen LogP contribution in [0.1, 0.15) is 117 Å². The highest BCUT2D eigenvalue weighted by Gasteiger charge is 2.31. The molecule has 2 heteroatoms. The van der Waals surface area contributed by atoms with Gasteiger partial charge >= 0.3 is 5.97 Å². The Morgan fingerprint density at radius 2 is 1.46 bits per heavy atom. The fourth-order valence-corrected chi connectivity index (χ4v) is 4.18. The molecule has 0 heterocycles. The molecular weight excluding hydrogens is 320 g/mol. The molecule has 0 bridgehead atoms. The van der Waals surface area contributed by atoms with Gasteiger partial charge < -0.3 is 4.74 Å². The fourth-order valence-electron chi connectivity index (χ4n) is 4.18. The molecule has 0 amide bonds. The second-order valence-corrected chi connectivity index (χ2v) is 8.68. The molecule has 0 aliphatic heterocycles. The van der Waals surface area contributed by atoms with Gasteiger partial charge in [-0.2, -0.15) is 0 Å². The molecule has 0 spiro atoms. The Hall–Kier alpha value is -0.790. The van der Waals surface area contributed by atoms with Gasteiger partial charge in [0.05, 0.1) is 0 Å². The van der Waals surface area contributed by atoms with Crippen molar-refractivity contribution in [1.29, 1.82) is 0 Å². The normalized spacial score (nSPS) is 23.0. The zero-order chi connectivity index (χ0) is 19.2. The average molecular weight is 365 g/mol. The van der Waals surface area contributed by atoms with Crippen molar-refractivity contribution >= 4 is 5.97 Å². The maximum Gasteiger partial charge on any atom is 0.306 e. The molecule has 0 aromatic carbocycles. The van der Waals surface area contributed by atoms with Crippen LogP contribution >= 0.6 is 0 Å². The number of rotatable bonds is 14. The zero-order valence-corrected chi connectivity index (χ0v) is 17.9. The number of carbonyl (C=O) groups excluding carboxylic acids is 1. The van der Waals surface area contributed by atoms with E-state index in [-0.39, 0.29) is 12.1 Å². The van der Waals surface area contributed by atoms with Crippen molar-refractivity contribution in [2.24, 2.45) is 11.8 Å². The van der Waals surface area contributed by atoms with Crippen LogP contribution in [-0.4, -0.2) is 12.1 Å². The molecule has 0 unspecified atom stereocenters. The second kappa shape index (κ2) is 14.3. The van der Waals surface area contributed by atoms with E-state index in [1.165, 1.54) is 69.8 Å². The van der Waals surface area contributed by atoms with Gasteiger partial charge in [0.25, 0.3) is 0 Å². The number of ether oxygens (including phenoxy) is 1. The highest BCUT2D eigenvalue weighted by molar-refractivity contribution is 5.69. The lowest BCUT2D eigenvalue weighted by atomic mass is 9.77. The SMILES string of the molecule is C=C(C)[C@@H]1CC[C@@H](C)C[C@H]1OC(=O)CCCCCCCCCCCCC. The average Bonchev–Trinajstić information content (AvgIpc) is 2.59. The van der Waals surface area contributed by atoms with Crippen LogP contribution in [0.5, 0.6) is 0 Å².